The van der Waals surface area contributed by atoms with E-state index >= 15 is 0 Å². The Morgan fingerprint density at radius 1 is 1.62 bits per heavy atom. The molecule has 0 saturated carbocycles. The summed E-state index contributed by atoms with van der Waals surface area (Å²) < 4.78 is 5.14. The standard InChI is InChI=1S/C10H12NO2/c1-3-13-9-6-4-5-8(7(2)12)10(9)11/h4-6H,1,3,11H2,2H3. The molecule has 0 aliphatic rings. The van der Waals surface area contributed by atoms with E-state index in [0.29, 0.717) is 23.6 Å². The number of hydrogen-bond donors (Lipinski definition) is 1. The molecule has 0 bridgehead atoms. The Labute approximate surface area is 77.5 Å². The van der Waals surface area contributed by atoms with Gasteiger partial charge in [-0.05, 0) is 26.0 Å². The number of nitrogen functional groups attached to an aromatic ring is 1. The van der Waals surface area contributed by atoms with Crippen molar-refractivity contribution in [2.45, 2.75) is 6.92 Å². The molecule has 2 N–H and O–H groups in total. The number of hydrogen-bond acceptors (Lipinski definition) is 3. The van der Waals surface area contributed by atoms with Crippen molar-refractivity contribution in [1.29, 1.82) is 0 Å². The Morgan fingerprint density at radius 3 is 2.85 bits per heavy atom. The quantitative estimate of drug-likeness (QED) is 0.566. The van der Waals surface area contributed by atoms with Gasteiger partial charge in [0.25, 0.3) is 0 Å². The van der Waals surface area contributed by atoms with Crippen molar-refractivity contribution in [2.75, 3.05) is 12.3 Å². The van der Waals surface area contributed by atoms with E-state index in [1.807, 2.05) is 0 Å². The maximum atomic E-state index is 11.1. The summed E-state index contributed by atoms with van der Waals surface area (Å²) in [5.74, 6) is 0.453. The average Bonchev–Trinajstić information content (AvgIpc) is 2.08. The number of ether oxygens (including phenoxy) is 1. The lowest BCUT2D eigenvalue weighted by Crippen LogP contribution is -2.03. The van der Waals surface area contributed by atoms with Crippen molar-refractivity contribution in [2.24, 2.45) is 0 Å². The molecule has 0 aliphatic heterocycles. The Kier molecular flexibility index (Phi) is 2.90. The largest absolute Gasteiger partial charge is 0.491 e. The van der Waals surface area contributed by atoms with Gasteiger partial charge < -0.3 is 10.5 Å². The van der Waals surface area contributed by atoms with Gasteiger partial charge in [0.05, 0.1) is 12.3 Å². The summed E-state index contributed by atoms with van der Waals surface area (Å²) in [4.78, 5) is 11.1. The molecule has 69 valence electrons. The lowest BCUT2D eigenvalue weighted by Gasteiger charge is -2.08. The molecule has 3 nitrogen and oxygen atoms in total. The minimum atomic E-state index is -0.0630. The number of rotatable bonds is 3. The van der Waals surface area contributed by atoms with Crippen LogP contribution >= 0.6 is 0 Å². The van der Waals surface area contributed by atoms with Crippen LogP contribution in [-0.4, -0.2) is 12.4 Å². The van der Waals surface area contributed by atoms with E-state index in [4.69, 9.17) is 10.5 Å². The van der Waals surface area contributed by atoms with Crippen LogP contribution in [-0.2, 0) is 0 Å². The smallest absolute Gasteiger partial charge is 0.162 e. The molecule has 0 unspecified atom stereocenters. The minimum Gasteiger partial charge on any atom is -0.491 e. The highest BCUT2D eigenvalue weighted by molar-refractivity contribution is 6.00. The highest BCUT2D eigenvalue weighted by atomic mass is 16.5. The number of carbonyl (C=O) groups excluding carboxylic acids is 1. The van der Waals surface area contributed by atoms with Crippen LogP contribution in [0.3, 0.4) is 0 Å². The molecule has 0 saturated heterocycles. The summed E-state index contributed by atoms with van der Waals surface area (Å²) in [6.07, 6.45) is 0. The van der Waals surface area contributed by atoms with Crippen molar-refractivity contribution < 1.29 is 9.53 Å². The zero-order valence-corrected chi connectivity index (χ0v) is 7.54. The Bertz CT molecular complexity index is 321. The second kappa shape index (κ2) is 3.94. The van der Waals surface area contributed by atoms with Crippen LogP contribution in [0.5, 0.6) is 5.75 Å². The second-order valence-corrected chi connectivity index (χ2v) is 2.62. The molecular weight excluding hydrogens is 166 g/mol. The van der Waals surface area contributed by atoms with Crippen LogP contribution in [0.4, 0.5) is 5.69 Å². The first-order valence-electron chi connectivity index (χ1n) is 3.98. The Morgan fingerprint density at radius 2 is 2.31 bits per heavy atom. The molecule has 0 atom stereocenters. The predicted molar refractivity (Wildman–Crippen MR) is 51.7 cm³/mol. The number of carbonyl (C=O) groups is 1. The first-order chi connectivity index (χ1) is 6.16. The SMILES string of the molecule is [CH2]COc1cccc(C(C)=O)c1N. The highest BCUT2D eigenvalue weighted by Gasteiger charge is 2.08. The van der Waals surface area contributed by atoms with Gasteiger partial charge in [-0.25, -0.2) is 0 Å². The number of para-hydroxylation sites is 1. The summed E-state index contributed by atoms with van der Waals surface area (Å²) in [6.45, 7) is 5.30. The third kappa shape index (κ3) is 1.99. The zero-order valence-electron chi connectivity index (χ0n) is 7.54. The lowest BCUT2D eigenvalue weighted by molar-refractivity contribution is 0.101. The third-order valence-electron chi connectivity index (χ3n) is 1.70. The normalized spacial score (nSPS) is 9.69. The number of Topliss-reactive ketones (excluding diaryl/α,β-unsaturated/α-hetero) is 1. The summed E-state index contributed by atoms with van der Waals surface area (Å²) in [5.41, 5.74) is 6.58. The molecule has 1 radical (unpaired) electrons. The van der Waals surface area contributed by atoms with Crippen LogP contribution in [0.2, 0.25) is 0 Å². The van der Waals surface area contributed by atoms with Gasteiger partial charge in [-0.3, -0.25) is 4.79 Å². The second-order valence-electron chi connectivity index (χ2n) is 2.62. The zero-order chi connectivity index (χ0) is 9.84. The van der Waals surface area contributed by atoms with E-state index in [1.54, 1.807) is 18.2 Å². The maximum absolute atomic E-state index is 11.1. The Balaban J connectivity index is 3.10. The fourth-order valence-corrected chi connectivity index (χ4v) is 1.09. The summed E-state index contributed by atoms with van der Waals surface area (Å²) in [6, 6.07) is 5.12. The molecule has 0 aromatic heterocycles. The van der Waals surface area contributed by atoms with Crippen molar-refractivity contribution >= 4 is 11.5 Å². The van der Waals surface area contributed by atoms with Gasteiger partial charge in [0.2, 0.25) is 0 Å². The molecule has 0 aliphatic carbocycles. The molecule has 0 heterocycles. The number of nitrogens with two attached hydrogens (primary N) is 1. The fourth-order valence-electron chi connectivity index (χ4n) is 1.09. The molecule has 3 heteroatoms. The van der Waals surface area contributed by atoms with Crippen LogP contribution in [0, 0.1) is 6.92 Å². The van der Waals surface area contributed by atoms with Crippen LogP contribution < -0.4 is 10.5 Å². The van der Waals surface area contributed by atoms with Crippen LogP contribution in [0.25, 0.3) is 0 Å². The van der Waals surface area contributed by atoms with E-state index in [2.05, 4.69) is 6.92 Å². The lowest BCUT2D eigenvalue weighted by atomic mass is 10.1. The van der Waals surface area contributed by atoms with Gasteiger partial charge in [-0.1, -0.05) is 6.07 Å². The van der Waals surface area contributed by atoms with Crippen molar-refractivity contribution in [3.05, 3.63) is 30.7 Å². The average molecular weight is 178 g/mol. The van der Waals surface area contributed by atoms with Gasteiger partial charge in [0.15, 0.2) is 5.78 Å². The minimum absolute atomic E-state index is 0.0630. The fraction of sp³-hybridized carbons (Fsp3) is 0.200. The van der Waals surface area contributed by atoms with Gasteiger partial charge >= 0.3 is 0 Å². The molecule has 1 aromatic carbocycles. The molecule has 1 aromatic rings. The topological polar surface area (TPSA) is 52.3 Å². The molecule has 13 heavy (non-hydrogen) atoms. The summed E-state index contributed by atoms with van der Waals surface area (Å²) >= 11 is 0. The first-order valence-corrected chi connectivity index (χ1v) is 3.98. The van der Waals surface area contributed by atoms with Gasteiger partial charge in [0, 0.05) is 5.56 Å². The van der Waals surface area contributed by atoms with E-state index < -0.39 is 0 Å². The molecular formula is C10H12NO2. The molecule has 0 fully saturated rings. The summed E-state index contributed by atoms with van der Waals surface area (Å²) in [5, 5.41) is 0. The van der Waals surface area contributed by atoms with E-state index in [0.717, 1.165) is 0 Å². The van der Waals surface area contributed by atoms with Gasteiger partial charge in [-0.15, -0.1) is 0 Å². The predicted octanol–water partition coefficient (Wildman–Crippen LogP) is 1.68. The molecule has 1 rings (SSSR count). The van der Waals surface area contributed by atoms with Crippen molar-refractivity contribution in [3.8, 4) is 5.75 Å². The van der Waals surface area contributed by atoms with Gasteiger partial charge in [-0.2, -0.15) is 0 Å². The van der Waals surface area contributed by atoms with Crippen molar-refractivity contribution in [1.82, 2.24) is 0 Å². The molecule has 0 spiro atoms. The van der Waals surface area contributed by atoms with Crippen LogP contribution in [0.15, 0.2) is 18.2 Å². The van der Waals surface area contributed by atoms with Gasteiger partial charge in [0.1, 0.15) is 5.75 Å². The Hall–Kier alpha value is -1.51. The molecule has 0 amide bonds. The van der Waals surface area contributed by atoms with E-state index in [1.165, 1.54) is 6.92 Å². The van der Waals surface area contributed by atoms with E-state index in [-0.39, 0.29) is 5.78 Å². The highest BCUT2D eigenvalue weighted by Crippen LogP contribution is 2.25. The van der Waals surface area contributed by atoms with E-state index in [9.17, 15) is 4.79 Å². The number of benzene rings is 1. The first kappa shape index (κ1) is 9.58. The number of ketones is 1. The summed E-state index contributed by atoms with van der Waals surface area (Å²) in [7, 11) is 0. The van der Waals surface area contributed by atoms with Crippen LogP contribution in [0.1, 0.15) is 17.3 Å². The number of anilines is 1. The third-order valence-corrected chi connectivity index (χ3v) is 1.70. The van der Waals surface area contributed by atoms with Crippen molar-refractivity contribution in [3.63, 3.8) is 0 Å². The monoisotopic (exact) mass is 178 g/mol. The maximum Gasteiger partial charge on any atom is 0.162 e.